The van der Waals surface area contributed by atoms with Crippen LogP contribution in [-0.4, -0.2) is 24.3 Å². The lowest BCUT2D eigenvalue weighted by molar-refractivity contribution is -0.128. The van der Waals surface area contributed by atoms with Gasteiger partial charge in [-0.15, -0.1) is 11.3 Å². The van der Waals surface area contributed by atoms with Crippen molar-refractivity contribution < 1.29 is 4.79 Å². The highest BCUT2D eigenvalue weighted by atomic mass is 35.5. The first kappa shape index (κ1) is 15.0. The summed E-state index contributed by atoms with van der Waals surface area (Å²) in [5.41, 5.74) is 0. The molecule has 106 valence electrons. The molecule has 0 aromatic carbocycles. The molecule has 1 aliphatic rings. The lowest BCUT2D eigenvalue weighted by Crippen LogP contribution is -2.38. The molecular formula is C15H22ClNOS. The van der Waals surface area contributed by atoms with Gasteiger partial charge in [-0.2, -0.15) is 0 Å². The molecule has 1 heterocycles. The van der Waals surface area contributed by atoms with Crippen LogP contribution in [0, 0.1) is 17.8 Å². The fraction of sp³-hybridized carbons (Fsp3) is 0.667. The van der Waals surface area contributed by atoms with Gasteiger partial charge in [0.25, 0.3) is 0 Å². The van der Waals surface area contributed by atoms with Crippen LogP contribution in [0.4, 0.5) is 0 Å². The molecule has 1 aromatic heterocycles. The third kappa shape index (κ3) is 4.04. The van der Waals surface area contributed by atoms with Crippen molar-refractivity contribution in [3.63, 3.8) is 0 Å². The highest BCUT2D eigenvalue weighted by molar-refractivity contribution is 7.16. The van der Waals surface area contributed by atoms with Gasteiger partial charge in [0.15, 0.2) is 0 Å². The number of nitrogens with zero attached hydrogens (tertiary/aromatic N) is 1. The number of carbonyl (C=O) groups is 1. The zero-order chi connectivity index (χ0) is 14.0. The lowest BCUT2D eigenvalue weighted by atomic mass is 9.74. The van der Waals surface area contributed by atoms with Gasteiger partial charge in [-0.25, -0.2) is 0 Å². The zero-order valence-corrected chi connectivity index (χ0v) is 13.4. The summed E-state index contributed by atoms with van der Waals surface area (Å²) in [4.78, 5) is 15.7. The van der Waals surface area contributed by atoms with Gasteiger partial charge in [-0.05, 0) is 37.4 Å². The molecule has 3 atom stereocenters. The van der Waals surface area contributed by atoms with Gasteiger partial charge in [-0.1, -0.05) is 25.4 Å². The Morgan fingerprint density at radius 1 is 1.42 bits per heavy atom. The monoisotopic (exact) mass is 299 g/mol. The molecule has 0 radical (unpaired) electrons. The molecule has 1 aromatic rings. The molecule has 1 aliphatic carbocycles. The molecule has 3 unspecified atom stereocenters. The van der Waals surface area contributed by atoms with Gasteiger partial charge >= 0.3 is 0 Å². The second-order valence-corrected chi connectivity index (χ2v) is 7.80. The van der Waals surface area contributed by atoms with Crippen molar-refractivity contribution >= 4 is 28.7 Å². The Morgan fingerprint density at radius 3 is 2.74 bits per heavy atom. The fourth-order valence-electron chi connectivity index (χ4n) is 3.08. The third-order valence-electron chi connectivity index (χ3n) is 3.99. The number of carbonyl (C=O) groups excluding carboxylic acids is 1. The van der Waals surface area contributed by atoms with Crippen LogP contribution in [-0.2, 0) is 11.3 Å². The van der Waals surface area contributed by atoms with Gasteiger partial charge < -0.3 is 4.90 Å². The van der Waals surface area contributed by atoms with Crippen molar-refractivity contribution in [3.8, 4) is 0 Å². The first-order valence-corrected chi connectivity index (χ1v) is 8.10. The van der Waals surface area contributed by atoms with Gasteiger partial charge in [0, 0.05) is 30.3 Å². The fourth-order valence-corrected chi connectivity index (χ4v) is 4.25. The number of hydrogen-bond donors (Lipinski definition) is 0. The van der Waals surface area contributed by atoms with Crippen molar-refractivity contribution in [1.82, 2.24) is 4.90 Å². The molecule has 0 spiro atoms. The predicted octanol–water partition coefficient (Wildman–Crippen LogP) is 4.08. The largest absolute Gasteiger partial charge is 0.301 e. The van der Waals surface area contributed by atoms with Gasteiger partial charge in [0.1, 0.15) is 5.78 Å². The Bertz CT molecular complexity index is 445. The minimum Gasteiger partial charge on any atom is -0.301 e. The van der Waals surface area contributed by atoms with Crippen molar-refractivity contribution in [2.75, 3.05) is 13.6 Å². The summed E-state index contributed by atoms with van der Waals surface area (Å²) >= 11 is 7.56. The quantitative estimate of drug-likeness (QED) is 0.835. The van der Waals surface area contributed by atoms with Crippen molar-refractivity contribution in [1.29, 1.82) is 0 Å². The van der Waals surface area contributed by atoms with Crippen molar-refractivity contribution in [2.45, 2.75) is 33.2 Å². The predicted molar refractivity (Wildman–Crippen MR) is 81.7 cm³/mol. The van der Waals surface area contributed by atoms with Crippen LogP contribution in [0.15, 0.2) is 12.1 Å². The molecule has 2 nitrogen and oxygen atoms in total. The molecule has 0 amide bonds. The number of ketones is 1. The second kappa shape index (κ2) is 6.38. The summed E-state index contributed by atoms with van der Waals surface area (Å²) in [7, 11) is 2.09. The normalized spacial score (nSPS) is 28.1. The minimum absolute atomic E-state index is 0.205. The Balaban J connectivity index is 1.91. The minimum atomic E-state index is 0.205. The van der Waals surface area contributed by atoms with E-state index in [-0.39, 0.29) is 5.92 Å². The average Bonchev–Trinajstić information content (AvgIpc) is 2.69. The summed E-state index contributed by atoms with van der Waals surface area (Å²) < 4.78 is 0.833. The molecule has 4 heteroatoms. The van der Waals surface area contributed by atoms with E-state index in [4.69, 9.17) is 11.6 Å². The van der Waals surface area contributed by atoms with Gasteiger partial charge in [0.2, 0.25) is 0 Å². The Morgan fingerprint density at radius 2 is 2.16 bits per heavy atom. The highest BCUT2D eigenvalue weighted by Gasteiger charge is 2.32. The number of halogens is 1. The Hall–Kier alpha value is -0.380. The van der Waals surface area contributed by atoms with Gasteiger partial charge in [-0.3, -0.25) is 4.79 Å². The summed E-state index contributed by atoms with van der Waals surface area (Å²) in [6.07, 6.45) is 1.93. The third-order valence-corrected chi connectivity index (χ3v) is 5.20. The van der Waals surface area contributed by atoms with E-state index in [1.54, 1.807) is 11.3 Å². The molecule has 0 aliphatic heterocycles. The molecule has 0 saturated heterocycles. The van der Waals surface area contributed by atoms with E-state index in [0.29, 0.717) is 17.6 Å². The van der Waals surface area contributed by atoms with Crippen molar-refractivity contribution in [3.05, 3.63) is 21.3 Å². The van der Waals surface area contributed by atoms with Crippen molar-refractivity contribution in [2.24, 2.45) is 17.8 Å². The van der Waals surface area contributed by atoms with E-state index in [9.17, 15) is 4.79 Å². The van der Waals surface area contributed by atoms with Crippen LogP contribution >= 0.6 is 22.9 Å². The number of hydrogen-bond acceptors (Lipinski definition) is 3. The van der Waals surface area contributed by atoms with E-state index >= 15 is 0 Å². The maximum absolute atomic E-state index is 12.2. The van der Waals surface area contributed by atoms with E-state index in [1.807, 2.05) is 6.07 Å². The first-order valence-electron chi connectivity index (χ1n) is 6.91. The zero-order valence-electron chi connectivity index (χ0n) is 11.9. The summed E-state index contributed by atoms with van der Waals surface area (Å²) in [5.74, 6) is 1.71. The first-order chi connectivity index (χ1) is 8.95. The molecule has 0 bridgehead atoms. The maximum Gasteiger partial charge on any atom is 0.137 e. The average molecular weight is 300 g/mol. The van der Waals surface area contributed by atoms with Crippen LogP contribution in [0.2, 0.25) is 4.34 Å². The van der Waals surface area contributed by atoms with Crippen LogP contribution < -0.4 is 0 Å². The molecule has 0 N–H and O–H groups in total. The number of Topliss-reactive ketones (excluding diaryl/α,β-unsaturated/α-hetero) is 1. The van der Waals surface area contributed by atoms with E-state index in [0.717, 1.165) is 23.8 Å². The molecule has 19 heavy (non-hydrogen) atoms. The molecule has 2 rings (SSSR count). The Kier molecular flexibility index (Phi) is 5.04. The highest BCUT2D eigenvalue weighted by Crippen LogP contribution is 2.32. The summed E-state index contributed by atoms with van der Waals surface area (Å²) in [5, 5.41) is 0. The van der Waals surface area contributed by atoms with E-state index in [2.05, 4.69) is 31.9 Å². The smallest absolute Gasteiger partial charge is 0.137 e. The number of thiophene rings is 1. The molecular weight excluding hydrogens is 278 g/mol. The maximum atomic E-state index is 12.2. The summed E-state index contributed by atoms with van der Waals surface area (Å²) in [6.45, 7) is 6.14. The van der Waals surface area contributed by atoms with E-state index in [1.165, 1.54) is 11.3 Å². The van der Waals surface area contributed by atoms with Crippen LogP contribution in [0.25, 0.3) is 0 Å². The van der Waals surface area contributed by atoms with E-state index < -0.39 is 0 Å². The summed E-state index contributed by atoms with van der Waals surface area (Å²) in [6, 6.07) is 4.00. The lowest BCUT2D eigenvalue weighted by Gasteiger charge is -2.33. The van der Waals surface area contributed by atoms with Gasteiger partial charge in [0.05, 0.1) is 4.34 Å². The Labute approximate surface area is 124 Å². The number of rotatable bonds is 4. The van der Waals surface area contributed by atoms with Crippen LogP contribution in [0.5, 0.6) is 0 Å². The molecule has 1 saturated carbocycles. The van der Waals surface area contributed by atoms with Crippen LogP contribution in [0.1, 0.15) is 31.6 Å². The SMILES string of the molecule is CC1CC(=O)C(CN(C)Cc2ccc(Cl)s2)C(C)C1. The topological polar surface area (TPSA) is 20.3 Å². The van der Waals surface area contributed by atoms with Crippen LogP contribution in [0.3, 0.4) is 0 Å². The molecule has 1 fully saturated rings. The standard InChI is InChI=1S/C15H22ClNOS/c1-10-6-11(2)13(14(18)7-10)9-17(3)8-12-4-5-15(16)19-12/h4-5,10-11,13H,6-9H2,1-3H3. The second-order valence-electron chi connectivity index (χ2n) is 6.00.